The Morgan fingerprint density at radius 2 is 1.77 bits per heavy atom. The van der Waals surface area contributed by atoms with E-state index in [9.17, 15) is 27.5 Å². The van der Waals surface area contributed by atoms with E-state index < -0.39 is 23.5 Å². The topological polar surface area (TPSA) is 95.3 Å². The van der Waals surface area contributed by atoms with E-state index in [-0.39, 0.29) is 29.8 Å². The molecule has 0 spiro atoms. The van der Waals surface area contributed by atoms with Crippen LogP contribution >= 0.6 is 0 Å². The van der Waals surface area contributed by atoms with Gasteiger partial charge in [0.1, 0.15) is 17.5 Å². The van der Waals surface area contributed by atoms with Crippen LogP contribution in [0.5, 0.6) is 0 Å². The largest absolute Gasteiger partial charge is 0.416 e. The van der Waals surface area contributed by atoms with Crippen molar-refractivity contribution < 1.29 is 27.5 Å². The molecule has 0 saturated heterocycles. The fourth-order valence-corrected chi connectivity index (χ4v) is 5.15. The van der Waals surface area contributed by atoms with Gasteiger partial charge in [0.05, 0.1) is 23.4 Å². The molecule has 1 amide bonds. The number of nitrogens with one attached hydrogen (secondary N) is 2. The fraction of sp³-hybridized carbons (Fsp3) is 0.344. The molecular formula is C32H34F4N6O2. The molecule has 5 rings (SSSR count). The van der Waals surface area contributed by atoms with E-state index in [1.165, 1.54) is 30.3 Å². The number of carbonyl (C=O) groups excluding carboxylic acids is 1. The number of aliphatic hydroxyl groups is 1. The molecule has 3 N–H and O–H groups in total. The maximum atomic E-state index is 14.8. The Balaban J connectivity index is 1.29. The van der Waals surface area contributed by atoms with Crippen LogP contribution in [-0.2, 0) is 37.6 Å². The number of hydrogen-bond donors (Lipinski definition) is 3. The Kier molecular flexibility index (Phi) is 8.76. The molecule has 1 aliphatic rings. The molecule has 0 radical (unpaired) electrons. The molecule has 232 valence electrons. The predicted molar refractivity (Wildman–Crippen MR) is 159 cm³/mol. The lowest BCUT2D eigenvalue weighted by Gasteiger charge is -2.22. The molecule has 0 unspecified atom stereocenters. The van der Waals surface area contributed by atoms with E-state index >= 15 is 0 Å². The summed E-state index contributed by atoms with van der Waals surface area (Å²) in [4.78, 5) is 19.4. The average Bonchev–Trinajstić information content (AvgIpc) is 3.56. The Morgan fingerprint density at radius 1 is 1.00 bits per heavy atom. The molecule has 3 heterocycles. The lowest BCUT2D eigenvalue weighted by molar-refractivity contribution is -0.137. The first-order valence-corrected chi connectivity index (χ1v) is 14.2. The molecule has 1 aliphatic heterocycles. The molecule has 0 bridgehead atoms. The number of carbonyl (C=O) groups is 1. The average molecular weight is 611 g/mol. The molecule has 2 aromatic heterocycles. The number of nitrogens with zero attached hydrogens (tertiary/aromatic N) is 4. The van der Waals surface area contributed by atoms with Gasteiger partial charge >= 0.3 is 6.18 Å². The van der Waals surface area contributed by atoms with Gasteiger partial charge in [-0.15, -0.1) is 0 Å². The van der Waals surface area contributed by atoms with Gasteiger partial charge in [0.25, 0.3) is 5.91 Å². The Labute approximate surface area is 252 Å². The molecule has 2 aromatic carbocycles. The first-order valence-electron chi connectivity index (χ1n) is 14.2. The SMILES string of the molecule is CC(C)(C)n1nc(CCc2cc(NC(=O)c3cccc(C(F)(F)F)c3)ccc2F)cc1Nc1cc2c(cn1)CN(CCO)C2. The van der Waals surface area contributed by atoms with Crippen LogP contribution in [0.2, 0.25) is 0 Å². The highest BCUT2D eigenvalue weighted by atomic mass is 19.4. The summed E-state index contributed by atoms with van der Waals surface area (Å²) in [7, 11) is 0. The number of aryl methyl sites for hydroxylation is 2. The quantitative estimate of drug-likeness (QED) is 0.193. The summed E-state index contributed by atoms with van der Waals surface area (Å²) in [5.41, 5.74) is 2.15. The summed E-state index contributed by atoms with van der Waals surface area (Å²) in [6, 6.07) is 12.1. The molecule has 0 fully saturated rings. The van der Waals surface area contributed by atoms with Crippen LogP contribution in [0.3, 0.4) is 0 Å². The fourth-order valence-electron chi connectivity index (χ4n) is 5.15. The number of rotatable bonds is 9. The number of halogens is 4. The summed E-state index contributed by atoms with van der Waals surface area (Å²) in [6.45, 7) is 8.25. The van der Waals surface area contributed by atoms with Gasteiger partial charge in [0.15, 0.2) is 0 Å². The second kappa shape index (κ2) is 12.4. The van der Waals surface area contributed by atoms with Crippen LogP contribution in [0.25, 0.3) is 0 Å². The lowest BCUT2D eigenvalue weighted by atomic mass is 10.1. The van der Waals surface area contributed by atoms with Crippen molar-refractivity contribution in [3.63, 3.8) is 0 Å². The summed E-state index contributed by atoms with van der Waals surface area (Å²) < 4.78 is 55.8. The molecule has 44 heavy (non-hydrogen) atoms. The summed E-state index contributed by atoms with van der Waals surface area (Å²) in [6.07, 6.45) is -2.06. The van der Waals surface area contributed by atoms with E-state index in [0.29, 0.717) is 24.3 Å². The monoisotopic (exact) mass is 610 g/mol. The molecule has 0 atom stereocenters. The molecule has 4 aromatic rings. The minimum absolute atomic E-state index is 0.0999. The van der Waals surface area contributed by atoms with Crippen molar-refractivity contribution in [3.8, 4) is 0 Å². The Hall–Kier alpha value is -4.29. The predicted octanol–water partition coefficient (Wildman–Crippen LogP) is 6.28. The van der Waals surface area contributed by atoms with Crippen molar-refractivity contribution in [2.24, 2.45) is 0 Å². The summed E-state index contributed by atoms with van der Waals surface area (Å²) in [5.74, 6) is 0.206. The highest BCUT2D eigenvalue weighted by Crippen LogP contribution is 2.31. The maximum absolute atomic E-state index is 14.8. The van der Waals surface area contributed by atoms with E-state index in [2.05, 4.69) is 20.5 Å². The zero-order valence-electron chi connectivity index (χ0n) is 24.7. The van der Waals surface area contributed by atoms with Crippen molar-refractivity contribution in [3.05, 3.63) is 100 Å². The normalized spacial score (nSPS) is 13.6. The van der Waals surface area contributed by atoms with E-state index in [0.717, 1.165) is 47.9 Å². The van der Waals surface area contributed by atoms with Gasteiger partial charge in [-0.25, -0.2) is 14.1 Å². The number of fused-ring (bicyclic) bond motifs is 1. The highest BCUT2D eigenvalue weighted by Gasteiger charge is 2.31. The van der Waals surface area contributed by atoms with E-state index in [1.54, 1.807) is 0 Å². The zero-order chi connectivity index (χ0) is 31.6. The number of anilines is 3. The number of benzene rings is 2. The number of alkyl halides is 3. The van der Waals surface area contributed by atoms with Gasteiger partial charge in [0, 0.05) is 43.1 Å². The van der Waals surface area contributed by atoms with Crippen LogP contribution in [-0.4, -0.2) is 43.8 Å². The van der Waals surface area contributed by atoms with Crippen molar-refractivity contribution in [1.82, 2.24) is 19.7 Å². The number of pyridine rings is 1. The molecule has 0 saturated carbocycles. The van der Waals surface area contributed by atoms with Crippen molar-refractivity contribution in [2.45, 2.75) is 58.4 Å². The number of amides is 1. The molecular weight excluding hydrogens is 576 g/mol. The van der Waals surface area contributed by atoms with Gasteiger partial charge in [-0.1, -0.05) is 6.07 Å². The molecule has 12 heteroatoms. The highest BCUT2D eigenvalue weighted by molar-refractivity contribution is 6.04. The first kappa shape index (κ1) is 31.1. The molecule has 8 nitrogen and oxygen atoms in total. The number of β-amino-alcohol motifs (C(OH)–C–C–N with tert-alkyl or cyclic N) is 1. The molecule has 0 aliphatic carbocycles. The van der Waals surface area contributed by atoms with Crippen LogP contribution in [0.15, 0.2) is 60.8 Å². The van der Waals surface area contributed by atoms with Gasteiger partial charge in [0.2, 0.25) is 0 Å². The zero-order valence-corrected chi connectivity index (χ0v) is 24.7. The smallest absolute Gasteiger partial charge is 0.395 e. The minimum Gasteiger partial charge on any atom is -0.395 e. The third-order valence-electron chi connectivity index (χ3n) is 7.34. The summed E-state index contributed by atoms with van der Waals surface area (Å²) >= 11 is 0. The van der Waals surface area contributed by atoms with Crippen LogP contribution in [0.4, 0.5) is 34.9 Å². The third-order valence-corrected chi connectivity index (χ3v) is 7.34. The van der Waals surface area contributed by atoms with Crippen LogP contribution in [0, 0.1) is 5.82 Å². The Morgan fingerprint density at radius 3 is 2.50 bits per heavy atom. The summed E-state index contributed by atoms with van der Waals surface area (Å²) in [5, 5.41) is 20.0. The maximum Gasteiger partial charge on any atom is 0.416 e. The minimum atomic E-state index is -4.57. The standard InChI is InChI=1S/C32H34F4N6O2/c1-31(2,3)42-29(39-28-15-22-18-41(11-12-43)19-23(22)17-37-28)16-26(40-42)8-7-20-14-25(9-10-27(20)33)38-30(44)21-5-4-6-24(13-21)32(34,35)36/h4-6,9-10,13-17,43H,7-8,11-12,18-19H2,1-3H3,(H,37,39)(H,38,44). The second-order valence-electron chi connectivity index (χ2n) is 11.8. The van der Waals surface area contributed by atoms with Crippen molar-refractivity contribution in [2.75, 3.05) is 23.8 Å². The van der Waals surface area contributed by atoms with Crippen LogP contribution in [0.1, 0.15) is 59.1 Å². The third kappa shape index (κ3) is 7.25. The number of aromatic nitrogens is 3. The first-order chi connectivity index (χ1) is 20.8. The van der Waals surface area contributed by atoms with Gasteiger partial charge in [-0.2, -0.15) is 18.3 Å². The Bertz CT molecular complexity index is 1660. The van der Waals surface area contributed by atoms with E-state index in [1.807, 2.05) is 43.8 Å². The number of aliphatic hydroxyl groups excluding tert-OH is 1. The number of hydrogen-bond acceptors (Lipinski definition) is 6. The van der Waals surface area contributed by atoms with Crippen molar-refractivity contribution >= 4 is 23.2 Å². The van der Waals surface area contributed by atoms with Gasteiger partial charge < -0.3 is 15.7 Å². The lowest BCUT2D eigenvalue weighted by Crippen LogP contribution is -2.24. The van der Waals surface area contributed by atoms with Crippen LogP contribution < -0.4 is 10.6 Å². The van der Waals surface area contributed by atoms with Gasteiger partial charge in [-0.3, -0.25) is 9.69 Å². The van der Waals surface area contributed by atoms with Crippen molar-refractivity contribution in [1.29, 1.82) is 0 Å². The van der Waals surface area contributed by atoms with E-state index in [4.69, 9.17) is 5.10 Å². The van der Waals surface area contributed by atoms with Gasteiger partial charge in [-0.05, 0) is 92.8 Å². The second-order valence-corrected chi connectivity index (χ2v) is 11.8.